The van der Waals surface area contributed by atoms with Crippen molar-refractivity contribution in [2.24, 2.45) is 5.92 Å². The lowest BCUT2D eigenvalue weighted by atomic mass is 10.0. The molecular formula is C20H26ClFN2O2S. The van der Waals surface area contributed by atoms with Crippen LogP contribution in [0.2, 0.25) is 0 Å². The summed E-state index contributed by atoms with van der Waals surface area (Å²) in [6.07, 6.45) is 4.68. The van der Waals surface area contributed by atoms with Crippen molar-refractivity contribution in [1.82, 2.24) is 10.2 Å². The zero-order chi connectivity index (χ0) is 18.1. The van der Waals surface area contributed by atoms with Gasteiger partial charge in [0.25, 0.3) is 5.91 Å². The van der Waals surface area contributed by atoms with Crippen molar-refractivity contribution in [2.75, 3.05) is 26.7 Å². The minimum atomic E-state index is -0.284. The number of nitrogens with zero attached hydrogens (tertiary/aromatic N) is 1. The Labute approximate surface area is 169 Å². The Morgan fingerprint density at radius 2 is 2.04 bits per heavy atom. The van der Waals surface area contributed by atoms with Crippen LogP contribution >= 0.6 is 23.7 Å². The molecule has 2 fully saturated rings. The Hall–Kier alpha value is -1.21. The lowest BCUT2D eigenvalue weighted by Gasteiger charge is -2.32. The smallest absolute Gasteiger partial charge is 0.264 e. The number of likely N-dealkylation sites (tertiary alicyclic amines) is 1. The molecule has 1 aliphatic carbocycles. The van der Waals surface area contributed by atoms with Crippen LogP contribution in [0.3, 0.4) is 0 Å². The molecule has 0 bridgehead atoms. The molecule has 1 amide bonds. The van der Waals surface area contributed by atoms with Crippen LogP contribution < -0.4 is 5.32 Å². The van der Waals surface area contributed by atoms with Crippen LogP contribution in [0.25, 0.3) is 10.1 Å². The summed E-state index contributed by atoms with van der Waals surface area (Å²) in [6, 6.07) is 5.51. The number of thiophene rings is 1. The van der Waals surface area contributed by atoms with Gasteiger partial charge in [-0.05, 0) is 50.3 Å². The first-order chi connectivity index (χ1) is 12.7. The molecule has 0 atom stereocenters. The number of rotatable bonds is 6. The molecule has 1 aliphatic heterocycles. The molecule has 2 aromatic rings. The normalized spacial score (nSPS) is 17.9. The Kier molecular flexibility index (Phi) is 6.74. The van der Waals surface area contributed by atoms with Crippen LogP contribution in [-0.4, -0.2) is 43.6 Å². The van der Waals surface area contributed by atoms with Gasteiger partial charge in [-0.25, -0.2) is 4.39 Å². The second-order valence-corrected chi connectivity index (χ2v) is 8.43. The van der Waals surface area contributed by atoms with Crippen molar-refractivity contribution in [2.45, 2.75) is 38.3 Å². The SMILES string of the molecule is COCc1c(C(=O)N2CCC(NCC3CC3)CC2)sc2cccc(F)c12.Cl. The third kappa shape index (κ3) is 4.45. The van der Waals surface area contributed by atoms with Gasteiger partial charge in [-0.3, -0.25) is 4.79 Å². The van der Waals surface area contributed by atoms with E-state index in [1.807, 2.05) is 11.0 Å². The molecule has 1 saturated carbocycles. The first-order valence-corrected chi connectivity index (χ1v) is 10.2. The molecule has 27 heavy (non-hydrogen) atoms. The maximum absolute atomic E-state index is 14.3. The molecule has 2 heterocycles. The van der Waals surface area contributed by atoms with Gasteiger partial charge in [0.05, 0.1) is 11.5 Å². The molecule has 1 aromatic carbocycles. The van der Waals surface area contributed by atoms with Crippen LogP contribution in [-0.2, 0) is 11.3 Å². The van der Waals surface area contributed by atoms with Gasteiger partial charge in [0, 0.05) is 41.9 Å². The Balaban J connectivity index is 0.00000210. The Morgan fingerprint density at radius 1 is 1.30 bits per heavy atom. The number of benzene rings is 1. The summed E-state index contributed by atoms with van der Waals surface area (Å²) >= 11 is 1.38. The van der Waals surface area contributed by atoms with Crippen LogP contribution in [0, 0.1) is 11.7 Å². The van der Waals surface area contributed by atoms with Crippen molar-refractivity contribution >= 4 is 39.7 Å². The summed E-state index contributed by atoms with van der Waals surface area (Å²) in [5.74, 6) is 0.603. The molecule has 0 spiro atoms. The fraction of sp³-hybridized carbons (Fsp3) is 0.550. The number of halogens is 2. The highest BCUT2D eigenvalue weighted by molar-refractivity contribution is 7.21. The van der Waals surface area contributed by atoms with E-state index >= 15 is 0 Å². The standard InChI is InChI=1S/C20H25FN2O2S.ClH/c1-25-12-15-18-16(21)3-2-4-17(18)26-19(15)20(24)23-9-7-14(8-10-23)22-11-13-5-6-13;/h2-4,13-14,22H,5-12H2,1H3;1H. The van der Waals surface area contributed by atoms with Crippen LogP contribution in [0.5, 0.6) is 0 Å². The zero-order valence-electron chi connectivity index (χ0n) is 15.5. The lowest BCUT2D eigenvalue weighted by Crippen LogP contribution is -2.45. The van der Waals surface area contributed by atoms with Crippen molar-refractivity contribution in [3.05, 3.63) is 34.5 Å². The van der Waals surface area contributed by atoms with Crippen molar-refractivity contribution in [3.63, 3.8) is 0 Å². The van der Waals surface area contributed by atoms with E-state index in [0.29, 0.717) is 21.9 Å². The number of ether oxygens (including phenoxy) is 1. The van der Waals surface area contributed by atoms with E-state index in [1.165, 1.54) is 30.2 Å². The first kappa shape index (κ1) is 20.5. The van der Waals surface area contributed by atoms with Gasteiger partial charge in [0.1, 0.15) is 5.82 Å². The van der Waals surface area contributed by atoms with E-state index in [2.05, 4.69) is 5.32 Å². The number of methoxy groups -OCH3 is 1. The van der Waals surface area contributed by atoms with E-state index in [-0.39, 0.29) is 30.7 Å². The highest BCUT2D eigenvalue weighted by Crippen LogP contribution is 2.35. The van der Waals surface area contributed by atoms with Gasteiger partial charge >= 0.3 is 0 Å². The molecule has 1 aromatic heterocycles. The largest absolute Gasteiger partial charge is 0.380 e. The van der Waals surface area contributed by atoms with Crippen molar-refractivity contribution in [3.8, 4) is 0 Å². The summed E-state index contributed by atoms with van der Waals surface area (Å²) in [5.41, 5.74) is 0.685. The second kappa shape index (κ2) is 8.86. The van der Waals surface area contributed by atoms with Crippen molar-refractivity contribution in [1.29, 1.82) is 0 Å². The van der Waals surface area contributed by atoms with Gasteiger partial charge in [-0.15, -0.1) is 23.7 Å². The van der Waals surface area contributed by atoms with Gasteiger partial charge in [0.15, 0.2) is 0 Å². The molecule has 7 heteroatoms. The van der Waals surface area contributed by atoms with E-state index < -0.39 is 0 Å². The fourth-order valence-corrected chi connectivity index (χ4v) is 4.90. The van der Waals surface area contributed by atoms with Crippen LogP contribution in [0.1, 0.15) is 40.9 Å². The number of nitrogens with one attached hydrogen (secondary N) is 1. The highest BCUT2D eigenvalue weighted by atomic mass is 35.5. The molecule has 1 N–H and O–H groups in total. The third-order valence-corrected chi connectivity index (χ3v) is 6.61. The number of fused-ring (bicyclic) bond motifs is 1. The molecule has 0 unspecified atom stereocenters. The predicted molar refractivity (Wildman–Crippen MR) is 109 cm³/mol. The topological polar surface area (TPSA) is 41.6 Å². The van der Waals surface area contributed by atoms with Gasteiger partial charge in [-0.1, -0.05) is 6.07 Å². The summed E-state index contributed by atoms with van der Waals surface area (Å²) in [4.78, 5) is 15.6. The fourth-order valence-electron chi connectivity index (χ4n) is 3.71. The average Bonchev–Trinajstić information content (AvgIpc) is 3.41. The summed E-state index contributed by atoms with van der Waals surface area (Å²) in [7, 11) is 1.58. The minimum Gasteiger partial charge on any atom is -0.380 e. The number of hydrogen-bond donors (Lipinski definition) is 1. The predicted octanol–water partition coefficient (Wildman–Crippen LogP) is 4.21. The minimum absolute atomic E-state index is 0. The zero-order valence-corrected chi connectivity index (χ0v) is 17.1. The third-order valence-electron chi connectivity index (χ3n) is 5.42. The molecule has 148 valence electrons. The first-order valence-electron chi connectivity index (χ1n) is 9.39. The van der Waals surface area contributed by atoms with Crippen molar-refractivity contribution < 1.29 is 13.9 Å². The Morgan fingerprint density at radius 3 is 2.70 bits per heavy atom. The van der Waals surface area contributed by atoms with Crippen LogP contribution in [0.15, 0.2) is 18.2 Å². The maximum atomic E-state index is 14.3. The number of carbonyl (C=O) groups excluding carboxylic acids is 1. The van der Waals surface area contributed by atoms with E-state index in [4.69, 9.17) is 4.74 Å². The number of carbonyl (C=O) groups is 1. The molecule has 4 nitrogen and oxygen atoms in total. The monoisotopic (exact) mass is 412 g/mol. The summed E-state index contributed by atoms with van der Waals surface area (Å²) < 4.78 is 20.4. The summed E-state index contributed by atoms with van der Waals surface area (Å²) in [5, 5.41) is 4.17. The number of amides is 1. The molecule has 4 rings (SSSR count). The van der Waals surface area contributed by atoms with E-state index in [9.17, 15) is 9.18 Å². The summed E-state index contributed by atoms with van der Waals surface area (Å²) in [6.45, 7) is 2.88. The second-order valence-electron chi connectivity index (χ2n) is 7.37. The molecule has 1 saturated heterocycles. The number of hydrogen-bond acceptors (Lipinski definition) is 4. The van der Waals surface area contributed by atoms with Gasteiger partial charge < -0.3 is 15.0 Å². The molecule has 2 aliphatic rings. The number of piperidine rings is 1. The van der Waals surface area contributed by atoms with E-state index in [1.54, 1.807) is 13.2 Å². The van der Waals surface area contributed by atoms with Crippen LogP contribution in [0.4, 0.5) is 4.39 Å². The highest BCUT2D eigenvalue weighted by Gasteiger charge is 2.29. The maximum Gasteiger partial charge on any atom is 0.264 e. The Bertz CT molecular complexity index is 801. The van der Waals surface area contributed by atoms with E-state index in [0.717, 1.165) is 43.1 Å². The van der Waals surface area contributed by atoms with Gasteiger partial charge in [0.2, 0.25) is 0 Å². The van der Waals surface area contributed by atoms with Gasteiger partial charge in [-0.2, -0.15) is 0 Å². The quantitative estimate of drug-likeness (QED) is 0.772. The lowest BCUT2D eigenvalue weighted by molar-refractivity contribution is 0.0706. The molecular weight excluding hydrogens is 387 g/mol. The average molecular weight is 413 g/mol. The molecule has 0 radical (unpaired) electrons.